The number of aromatic nitrogens is 1. The lowest BCUT2D eigenvalue weighted by molar-refractivity contribution is -0.118. The average Bonchev–Trinajstić information content (AvgIpc) is 2.49. The molecule has 0 spiro atoms. The van der Waals surface area contributed by atoms with E-state index in [0.29, 0.717) is 11.4 Å². The van der Waals surface area contributed by atoms with Crippen LogP contribution in [-0.4, -0.2) is 31.6 Å². The lowest BCUT2D eigenvalue weighted by Gasteiger charge is -2.12. The molecule has 0 aliphatic heterocycles. The summed E-state index contributed by atoms with van der Waals surface area (Å²) < 4.78 is 5.50. The van der Waals surface area contributed by atoms with Crippen LogP contribution in [0.25, 0.3) is 0 Å². The second-order valence-corrected chi connectivity index (χ2v) is 5.38. The first-order chi connectivity index (χ1) is 10.5. The fourth-order valence-electron chi connectivity index (χ4n) is 1.87. The maximum Gasteiger partial charge on any atom is 0.262 e. The van der Waals surface area contributed by atoms with Crippen LogP contribution < -0.4 is 15.0 Å². The summed E-state index contributed by atoms with van der Waals surface area (Å²) in [5, 5.41) is 2.76. The molecule has 2 rings (SSSR count). The van der Waals surface area contributed by atoms with Gasteiger partial charge in [0, 0.05) is 14.1 Å². The zero-order valence-corrected chi connectivity index (χ0v) is 13.4. The highest BCUT2D eigenvalue weighted by molar-refractivity contribution is 5.91. The second kappa shape index (κ2) is 6.93. The number of amides is 1. The molecule has 0 saturated heterocycles. The van der Waals surface area contributed by atoms with E-state index in [0.717, 1.165) is 11.4 Å². The molecule has 1 aromatic carbocycles. The number of rotatable bonds is 5. The van der Waals surface area contributed by atoms with Crippen molar-refractivity contribution in [1.82, 2.24) is 4.98 Å². The van der Waals surface area contributed by atoms with E-state index < -0.39 is 0 Å². The van der Waals surface area contributed by atoms with Crippen LogP contribution in [0, 0.1) is 13.8 Å². The number of nitrogens with one attached hydrogen (secondary N) is 1. The summed E-state index contributed by atoms with van der Waals surface area (Å²) in [6, 6.07) is 9.43. The van der Waals surface area contributed by atoms with Crippen LogP contribution in [0.5, 0.6) is 5.75 Å². The maximum absolute atomic E-state index is 11.9. The molecule has 1 amide bonds. The van der Waals surface area contributed by atoms with Gasteiger partial charge in [0.2, 0.25) is 0 Å². The van der Waals surface area contributed by atoms with Gasteiger partial charge in [0.15, 0.2) is 6.61 Å². The summed E-state index contributed by atoms with van der Waals surface area (Å²) >= 11 is 0. The van der Waals surface area contributed by atoms with Gasteiger partial charge in [-0.2, -0.15) is 0 Å². The monoisotopic (exact) mass is 299 g/mol. The molecular formula is C17H21N3O2. The van der Waals surface area contributed by atoms with E-state index in [9.17, 15) is 4.79 Å². The van der Waals surface area contributed by atoms with Gasteiger partial charge in [-0.1, -0.05) is 6.07 Å². The third-order valence-electron chi connectivity index (χ3n) is 3.34. The summed E-state index contributed by atoms with van der Waals surface area (Å²) in [6.45, 7) is 4.02. The maximum atomic E-state index is 11.9. The van der Waals surface area contributed by atoms with Gasteiger partial charge in [0.25, 0.3) is 5.91 Å². The lowest BCUT2D eigenvalue weighted by atomic mass is 10.1. The van der Waals surface area contributed by atoms with Crippen LogP contribution in [-0.2, 0) is 4.79 Å². The number of carbonyl (C=O) groups excluding carboxylic acids is 1. The molecule has 1 N–H and O–H groups in total. The van der Waals surface area contributed by atoms with Crippen molar-refractivity contribution in [3.8, 4) is 5.75 Å². The second-order valence-electron chi connectivity index (χ2n) is 5.38. The largest absolute Gasteiger partial charge is 0.484 e. The van der Waals surface area contributed by atoms with Crippen molar-refractivity contribution in [3.05, 3.63) is 47.7 Å². The van der Waals surface area contributed by atoms with E-state index in [1.807, 2.05) is 63.2 Å². The van der Waals surface area contributed by atoms with Crippen LogP contribution >= 0.6 is 0 Å². The summed E-state index contributed by atoms with van der Waals surface area (Å²) in [6.07, 6.45) is 1.63. The van der Waals surface area contributed by atoms with E-state index in [2.05, 4.69) is 10.3 Å². The Bertz CT molecular complexity index is 651. The quantitative estimate of drug-likeness (QED) is 0.922. The molecule has 22 heavy (non-hydrogen) atoms. The smallest absolute Gasteiger partial charge is 0.262 e. The van der Waals surface area contributed by atoms with Gasteiger partial charge in [0.1, 0.15) is 11.6 Å². The van der Waals surface area contributed by atoms with Crippen molar-refractivity contribution in [1.29, 1.82) is 0 Å². The minimum absolute atomic E-state index is 0.0298. The molecule has 0 aliphatic rings. The number of nitrogens with zero attached hydrogens (tertiary/aromatic N) is 2. The Kier molecular flexibility index (Phi) is 4.99. The predicted octanol–water partition coefficient (Wildman–Crippen LogP) is 2.78. The van der Waals surface area contributed by atoms with Gasteiger partial charge in [0.05, 0.1) is 11.9 Å². The Morgan fingerprint density at radius 2 is 1.95 bits per heavy atom. The number of carbonyl (C=O) groups is 1. The fraction of sp³-hybridized carbons (Fsp3) is 0.294. The number of aryl methyl sites for hydroxylation is 2. The number of benzene rings is 1. The van der Waals surface area contributed by atoms with Gasteiger partial charge in [-0.05, 0) is 49.2 Å². The zero-order chi connectivity index (χ0) is 16.1. The van der Waals surface area contributed by atoms with Crippen LogP contribution in [0.1, 0.15) is 11.1 Å². The van der Waals surface area contributed by atoms with Gasteiger partial charge in [-0.3, -0.25) is 4.79 Å². The van der Waals surface area contributed by atoms with Gasteiger partial charge in [-0.15, -0.1) is 0 Å². The third kappa shape index (κ3) is 4.22. The first kappa shape index (κ1) is 15.8. The van der Waals surface area contributed by atoms with Gasteiger partial charge >= 0.3 is 0 Å². The normalized spacial score (nSPS) is 10.2. The number of pyridine rings is 1. The molecular weight excluding hydrogens is 278 g/mol. The summed E-state index contributed by atoms with van der Waals surface area (Å²) in [5.41, 5.74) is 2.99. The molecule has 5 nitrogen and oxygen atoms in total. The molecule has 5 heteroatoms. The van der Waals surface area contributed by atoms with Crippen molar-refractivity contribution >= 4 is 17.4 Å². The molecule has 0 fully saturated rings. The SMILES string of the molecule is Cc1ccc(OCC(=O)Nc2ccc(N(C)C)nc2)cc1C. The van der Waals surface area contributed by atoms with Crippen LogP contribution in [0.15, 0.2) is 36.5 Å². The highest BCUT2D eigenvalue weighted by Gasteiger charge is 2.05. The standard InChI is InChI=1S/C17H21N3O2/c1-12-5-7-15(9-13(12)2)22-11-17(21)19-14-6-8-16(18-10-14)20(3)4/h5-10H,11H2,1-4H3,(H,19,21). The average molecular weight is 299 g/mol. The topological polar surface area (TPSA) is 54.5 Å². The minimum atomic E-state index is -0.211. The molecule has 0 aliphatic carbocycles. The van der Waals surface area contributed by atoms with E-state index in [4.69, 9.17) is 4.74 Å². The highest BCUT2D eigenvalue weighted by Crippen LogP contribution is 2.16. The van der Waals surface area contributed by atoms with Crippen LogP contribution in [0.4, 0.5) is 11.5 Å². The van der Waals surface area contributed by atoms with Crippen LogP contribution in [0.3, 0.4) is 0 Å². The molecule has 2 aromatic rings. The van der Waals surface area contributed by atoms with Crippen molar-refractivity contribution < 1.29 is 9.53 Å². The molecule has 0 atom stereocenters. The molecule has 0 radical (unpaired) electrons. The number of hydrogen-bond acceptors (Lipinski definition) is 4. The Hall–Kier alpha value is -2.56. The molecule has 116 valence electrons. The third-order valence-corrected chi connectivity index (χ3v) is 3.34. The molecule has 0 saturated carbocycles. The van der Waals surface area contributed by atoms with Gasteiger partial charge < -0.3 is 15.0 Å². The molecule has 0 unspecified atom stereocenters. The fourth-order valence-corrected chi connectivity index (χ4v) is 1.87. The Morgan fingerprint density at radius 3 is 2.55 bits per heavy atom. The van der Waals surface area contributed by atoms with Crippen molar-refractivity contribution in [2.24, 2.45) is 0 Å². The van der Waals surface area contributed by atoms with Crippen molar-refractivity contribution in [2.45, 2.75) is 13.8 Å². The van der Waals surface area contributed by atoms with Crippen molar-refractivity contribution in [3.63, 3.8) is 0 Å². The van der Waals surface area contributed by atoms with E-state index in [1.165, 1.54) is 5.56 Å². The van der Waals surface area contributed by atoms with E-state index in [1.54, 1.807) is 6.20 Å². The molecule has 1 aromatic heterocycles. The van der Waals surface area contributed by atoms with Crippen molar-refractivity contribution in [2.75, 3.05) is 30.9 Å². The first-order valence-electron chi connectivity index (χ1n) is 7.09. The summed E-state index contributed by atoms with van der Waals surface area (Å²) in [5.74, 6) is 1.32. The predicted molar refractivity (Wildman–Crippen MR) is 88.6 cm³/mol. The van der Waals surface area contributed by atoms with E-state index >= 15 is 0 Å². The summed E-state index contributed by atoms with van der Waals surface area (Å²) in [4.78, 5) is 18.0. The van der Waals surface area contributed by atoms with E-state index in [-0.39, 0.29) is 12.5 Å². The highest BCUT2D eigenvalue weighted by atomic mass is 16.5. The molecule has 0 bridgehead atoms. The minimum Gasteiger partial charge on any atom is -0.484 e. The Balaban J connectivity index is 1.88. The molecule has 1 heterocycles. The Morgan fingerprint density at radius 1 is 1.18 bits per heavy atom. The zero-order valence-electron chi connectivity index (χ0n) is 13.4. The lowest BCUT2D eigenvalue weighted by Crippen LogP contribution is -2.20. The Labute approximate surface area is 130 Å². The summed E-state index contributed by atoms with van der Waals surface area (Å²) in [7, 11) is 3.83. The van der Waals surface area contributed by atoms with Crippen LogP contribution in [0.2, 0.25) is 0 Å². The first-order valence-corrected chi connectivity index (χ1v) is 7.09. The number of anilines is 2. The number of ether oxygens (including phenoxy) is 1. The number of hydrogen-bond donors (Lipinski definition) is 1. The van der Waals surface area contributed by atoms with Gasteiger partial charge in [-0.25, -0.2) is 4.98 Å².